The molecule has 4 rings (SSSR count). The number of pyridine rings is 1. The number of anilines is 1. The van der Waals surface area contributed by atoms with Gasteiger partial charge in [0.25, 0.3) is 0 Å². The number of thiophene rings is 1. The molecule has 0 saturated carbocycles. The lowest BCUT2D eigenvalue weighted by molar-refractivity contribution is 0.643. The molecule has 0 radical (unpaired) electrons. The Morgan fingerprint density at radius 3 is 2.68 bits per heavy atom. The van der Waals surface area contributed by atoms with Gasteiger partial charge >= 0.3 is 0 Å². The Bertz CT molecular complexity index is 1330. The van der Waals surface area contributed by atoms with Crippen LogP contribution in [0.5, 0.6) is 0 Å². The van der Waals surface area contributed by atoms with E-state index in [0.717, 1.165) is 27.8 Å². The maximum absolute atomic E-state index is 14.5. The van der Waals surface area contributed by atoms with E-state index in [1.54, 1.807) is 12.4 Å². The first-order valence-corrected chi connectivity index (χ1v) is 11.7. The monoisotopic (exact) mass is 472 g/mol. The summed E-state index contributed by atoms with van der Waals surface area (Å²) in [6.45, 7) is 5.30. The number of hydrogen-bond acceptors (Lipinski definition) is 7. The summed E-state index contributed by atoms with van der Waals surface area (Å²) in [5, 5.41) is 5.41. The van der Waals surface area contributed by atoms with Crippen LogP contribution in [0.3, 0.4) is 0 Å². The topological polar surface area (TPSA) is 89.1 Å². The van der Waals surface area contributed by atoms with Crippen molar-refractivity contribution in [3.63, 3.8) is 0 Å². The van der Waals surface area contributed by atoms with Crippen LogP contribution in [0.4, 0.5) is 10.2 Å². The van der Waals surface area contributed by atoms with Crippen molar-refractivity contribution in [2.24, 2.45) is 10.7 Å². The van der Waals surface area contributed by atoms with Crippen LogP contribution >= 0.6 is 11.3 Å². The summed E-state index contributed by atoms with van der Waals surface area (Å²) in [7, 11) is 0. The summed E-state index contributed by atoms with van der Waals surface area (Å²) in [6, 6.07) is 13.8. The molecule has 0 aliphatic heterocycles. The van der Waals surface area contributed by atoms with Gasteiger partial charge in [0, 0.05) is 42.1 Å². The highest BCUT2D eigenvalue weighted by Crippen LogP contribution is 2.37. The Morgan fingerprint density at radius 1 is 1.21 bits per heavy atom. The Morgan fingerprint density at radius 2 is 1.97 bits per heavy atom. The average molecular weight is 473 g/mol. The molecule has 8 heteroatoms. The summed E-state index contributed by atoms with van der Waals surface area (Å²) in [5.74, 6) is 0.472. The minimum Gasteiger partial charge on any atom is -0.367 e. The molecule has 0 fully saturated rings. The molecular formula is C26H25FN6S. The molecule has 0 spiro atoms. The highest BCUT2D eigenvalue weighted by atomic mass is 32.1. The first kappa shape index (κ1) is 23.4. The average Bonchev–Trinajstić information content (AvgIpc) is 3.28. The molecule has 172 valence electrons. The van der Waals surface area contributed by atoms with Gasteiger partial charge in [0.15, 0.2) is 5.82 Å². The van der Waals surface area contributed by atoms with Gasteiger partial charge in [-0.25, -0.2) is 14.4 Å². The van der Waals surface area contributed by atoms with Crippen LogP contribution in [0.25, 0.3) is 26.9 Å². The molecule has 0 bridgehead atoms. The van der Waals surface area contributed by atoms with Crippen molar-refractivity contribution in [2.45, 2.75) is 19.4 Å². The number of nitrogens with two attached hydrogens (primary N) is 1. The SMILES string of the molecule is C=N/C=C\C(=C(/C)F)c1nc(NC[C@@H](N)Cc2ccccc2)c2scc(-c3ccncc3)c2n1. The largest absolute Gasteiger partial charge is 0.367 e. The van der Waals surface area contributed by atoms with Crippen molar-refractivity contribution in [1.29, 1.82) is 0 Å². The molecule has 0 amide bonds. The van der Waals surface area contributed by atoms with E-state index in [1.165, 1.54) is 36.1 Å². The summed E-state index contributed by atoms with van der Waals surface area (Å²) in [5.41, 5.74) is 10.5. The number of fused-ring (bicyclic) bond motifs is 1. The van der Waals surface area contributed by atoms with Crippen molar-refractivity contribution >= 4 is 39.7 Å². The van der Waals surface area contributed by atoms with Crippen molar-refractivity contribution < 1.29 is 4.39 Å². The van der Waals surface area contributed by atoms with E-state index < -0.39 is 5.83 Å². The second-order valence-corrected chi connectivity index (χ2v) is 8.61. The van der Waals surface area contributed by atoms with Crippen LogP contribution in [0.1, 0.15) is 18.3 Å². The molecule has 0 unspecified atom stereocenters. The smallest absolute Gasteiger partial charge is 0.164 e. The van der Waals surface area contributed by atoms with Gasteiger partial charge in [-0.15, -0.1) is 11.3 Å². The number of allylic oxidation sites excluding steroid dienone is 3. The predicted octanol–water partition coefficient (Wildman–Crippen LogP) is 5.65. The van der Waals surface area contributed by atoms with Crippen molar-refractivity contribution in [3.8, 4) is 11.1 Å². The quantitative estimate of drug-likeness (QED) is 0.243. The third-order valence-electron chi connectivity index (χ3n) is 5.24. The van der Waals surface area contributed by atoms with Gasteiger partial charge < -0.3 is 11.1 Å². The lowest BCUT2D eigenvalue weighted by atomic mass is 10.1. The van der Waals surface area contributed by atoms with E-state index in [1.807, 2.05) is 35.7 Å². The molecule has 3 N–H and O–H groups in total. The number of aromatic nitrogens is 3. The molecule has 4 aromatic rings. The van der Waals surface area contributed by atoms with Gasteiger partial charge in [-0.2, -0.15) is 0 Å². The molecule has 3 heterocycles. The lowest BCUT2D eigenvalue weighted by Gasteiger charge is -2.15. The summed E-state index contributed by atoms with van der Waals surface area (Å²) in [6.07, 6.45) is 7.14. The number of benzene rings is 1. The molecule has 6 nitrogen and oxygen atoms in total. The van der Waals surface area contributed by atoms with Crippen molar-refractivity contribution in [1.82, 2.24) is 15.0 Å². The van der Waals surface area contributed by atoms with Gasteiger partial charge in [-0.05, 0) is 49.4 Å². The zero-order chi connectivity index (χ0) is 23.9. The zero-order valence-electron chi connectivity index (χ0n) is 18.8. The molecule has 1 aromatic carbocycles. The Kier molecular flexibility index (Phi) is 7.51. The van der Waals surface area contributed by atoms with Crippen LogP contribution in [0.15, 0.2) is 83.3 Å². The van der Waals surface area contributed by atoms with Gasteiger partial charge in [-0.1, -0.05) is 30.3 Å². The fourth-order valence-electron chi connectivity index (χ4n) is 3.58. The molecule has 34 heavy (non-hydrogen) atoms. The van der Waals surface area contributed by atoms with Crippen molar-refractivity contribution in [2.75, 3.05) is 11.9 Å². The van der Waals surface area contributed by atoms with Gasteiger partial charge in [0.2, 0.25) is 0 Å². The maximum Gasteiger partial charge on any atom is 0.164 e. The molecule has 0 saturated heterocycles. The summed E-state index contributed by atoms with van der Waals surface area (Å²) < 4.78 is 15.3. The number of aliphatic imine (C=N–C) groups is 1. The van der Waals surface area contributed by atoms with E-state index in [-0.39, 0.29) is 17.4 Å². The molecule has 1 atom stereocenters. The summed E-state index contributed by atoms with van der Waals surface area (Å²) >= 11 is 1.53. The lowest BCUT2D eigenvalue weighted by Crippen LogP contribution is -2.31. The number of halogens is 1. The minimum absolute atomic E-state index is 0.127. The number of hydrogen-bond donors (Lipinski definition) is 2. The molecule has 0 aliphatic carbocycles. The fourth-order valence-corrected chi connectivity index (χ4v) is 4.56. The first-order chi connectivity index (χ1) is 16.6. The normalized spacial score (nSPS) is 13.1. The van der Waals surface area contributed by atoms with Gasteiger partial charge in [0.1, 0.15) is 11.6 Å². The van der Waals surface area contributed by atoms with Crippen molar-refractivity contribution in [3.05, 3.63) is 89.7 Å². The molecule has 0 aliphatic rings. The third-order valence-corrected chi connectivity index (χ3v) is 6.21. The number of nitrogens with zero attached hydrogens (tertiary/aromatic N) is 4. The predicted molar refractivity (Wildman–Crippen MR) is 140 cm³/mol. The van der Waals surface area contributed by atoms with E-state index >= 15 is 0 Å². The second kappa shape index (κ2) is 10.9. The standard InChI is InChI=1S/C26H25FN6S/c1-17(27)21(10-11-29-2)25-32-23-22(19-8-12-30-13-9-19)16-34-24(23)26(33-25)31-15-20(28)14-18-6-4-3-5-7-18/h3-13,16,20H,2,14-15,28H2,1H3,(H,31,32,33)/b11-10-,21-17-/t20-/m0/s1. The fraction of sp³-hybridized carbons (Fsp3) is 0.154. The summed E-state index contributed by atoms with van der Waals surface area (Å²) in [4.78, 5) is 17.2. The van der Waals surface area contributed by atoms with E-state index in [9.17, 15) is 4.39 Å². The zero-order valence-corrected chi connectivity index (χ0v) is 19.6. The number of rotatable bonds is 9. The Balaban J connectivity index is 1.73. The maximum atomic E-state index is 14.5. The number of nitrogens with one attached hydrogen (secondary N) is 1. The van der Waals surface area contributed by atoms with Crippen LogP contribution in [-0.4, -0.2) is 34.3 Å². The van der Waals surface area contributed by atoms with E-state index in [0.29, 0.717) is 12.4 Å². The Hall–Kier alpha value is -3.75. The first-order valence-electron chi connectivity index (χ1n) is 10.8. The Labute approximate surface area is 201 Å². The van der Waals surface area contributed by atoms with Crippen LogP contribution in [-0.2, 0) is 6.42 Å². The highest BCUT2D eigenvalue weighted by molar-refractivity contribution is 7.18. The molecular weight excluding hydrogens is 447 g/mol. The second-order valence-electron chi connectivity index (χ2n) is 7.73. The van der Waals surface area contributed by atoms with Crippen LogP contribution < -0.4 is 11.1 Å². The van der Waals surface area contributed by atoms with E-state index in [2.05, 4.69) is 39.1 Å². The van der Waals surface area contributed by atoms with Gasteiger partial charge in [0.05, 0.1) is 15.8 Å². The van der Waals surface area contributed by atoms with Crippen LogP contribution in [0.2, 0.25) is 0 Å². The van der Waals surface area contributed by atoms with Gasteiger partial charge in [-0.3, -0.25) is 9.98 Å². The third kappa shape index (κ3) is 5.41. The molecule has 3 aromatic heterocycles. The highest BCUT2D eigenvalue weighted by Gasteiger charge is 2.18. The van der Waals surface area contributed by atoms with E-state index in [4.69, 9.17) is 10.7 Å². The minimum atomic E-state index is -0.410. The van der Waals surface area contributed by atoms with Crippen LogP contribution in [0, 0.1) is 0 Å².